The molecule has 112 valence electrons. The van der Waals surface area contributed by atoms with Crippen molar-refractivity contribution in [3.63, 3.8) is 0 Å². The average molecular weight is 275 g/mol. The highest BCUT2D eigenvalue weighted by Crippen LogP contribution is 2.28. The summed E-state index contributed by atoms with van der Waals surface area (Å²) in [6, 6.07) is 9.34. The van der Waals surface area contributed by atoms with Crippen LogP contribution in [0, 0.1) is 5.92 Å². The Morgan fingerprint density at radius 1 is 1.25 bits per heavy atom. The summed E-state index contributed by atoms with van der Waals surface area (Å²) in [5.74, 6) is 2.44. The summed E-state index contributed by atoms with van der Waals surface area (Å²) in [6.45, 7) is 5.34. The number of hydrogen-bond donors (Lipinski definition) is 1. The third-order valence-corrected chi connectivity index (χ3v) is 4.85. The SMILES string of the molecule is CCC(C)c1ccc(OCCC2CCCC2NC)cc1. The molecule has 1 N–H and O–H groups in total. The normalized spacial score (nSPS) is 23.8. The summed E-state index contributed by atoms with van der Waals surface area (Å²) in [5, 5.41) is 3.43. The standard InChI is InChI=1S/C18H29NO/c1-4-14(2)15-8-10-17(11-9-15)20-13-12-16-6-5-7-18(16)19-3/h8-11,14,16,18-19H,4-7,12-13H2,1-3H3. The number of benzene rings is 1. The zero-order valence-electron chi connectivity index (χ0n) is 13.2. The smallest absolute Gasteiger partial charge is 0.119 e. The van der Waals surface area contributed by atoms with E-state index >= 15 is 0 Å². The van der Waals surface area contributed by atoms with Gasteiger partial charge < -0.3 is 10.1 Å². The minimum Gasteiger partial charge on any atom is -0.494 e. The number of hydrogen-bond acceptors (Lipinski definition) is 2. The molecule has 0 spiro atoms. The molecule has 0 aromatic heterocycles. The second kappa shape index (κ2) is 7.68. The lowest BCUT2D eigenvalue weighted by atomic mass is 9.99. The van der Waals surface area contributed by atoms with Crippen molar-refractivity contribution in [1.29, 1.82) is 0 Å². The van der Waals surface area contributed by atoms with Gasteiger partial charge in [0.2, 0.25) is 0 Å². The van der Waals surface area contributed by atoms with Crippen LogP contribution >= 0.6 is 0 Å². The molecule has 1 aromatic carbocycles. The number of ether oxygens (including phenoxy) is 1. The van der Waals surface area contributed by atoms with Crippen LogP contribution < -0.4 is 10.1 Å². The van der Waals surface area contributed by atoms with E-state index in [2.05, 4.69) is 50.5 Å². The highest BCUT2D eigenvalue weighted by atomic mass is 16.5. The molecule has 20 heavy (non-hydrogen) atoms. The van der Waals surface area contributed by atoms with E-state index < -0.39 is 0 Å². The fourth-order valence-corrected chi connectivity index (χ4v) is 3.22. The maximum atomic E-state index is 5.90. The Balaban J connectivity index is 1.76. The first-order chi connectivity index (χ1) is 9.74. The molecule has 1 saturated carbocycles. The van der Waals surface area contributed by atoms with E-state index in [1.54, 1.807) is 0 Å². The lowest BCUT2D eigenvalue weighted by Crippen LogP contribution is -2.29. The summed E-state index contributed by atoms with van der Waals surface area (Å²) in [6.07, 6.45) is 6.39. The molecule has 3 atom stereocenters. The zero-order valence-corrected chi connectivity index (χ0v) is 13.2. The van der Waals surface area contributed by atoms with Crippen LogP contribution in [-0.4, -0.2) is 19.7 Å². The highest BCUT2D eigenvalue weighted by Gasteiger charge is 2.25. The second-order valence-electron chi connectivity index (χ2n) is 6.10. The van der Waals surface area contributed by atoms with Gasteiger partial charge in [0, 0.05) is 6.04 Å². The number of nitrogens with one attached hydrogen (secondary N) is 1. The minimum absolute atomic E-state index is 0.638. The largest absolute Gasteiger partial charge is 0.494 e. The predicted octanol–water partition coefficient (Wildman–Crippen LogP) is 4.36. The third kappa shape index (κ3) is 3.99. The Hall–Kier alpha value is -1.02. The van der Waals surface area contributed by atoms with E-state index in [0.29, 0.717) is 12.0 Å². The van der Waals surface area contributed by atoms with E-state index in [1.807, 2.05) is 0 Å². The first kappa shape index (κ1) is 15.4. The van der Waals surface area contributed by atoms with Gasteiger partial charge in [0.25, 0.3) is 0 Å². The van der Waals surface area contributed by atoms with Crippen molar-refractivity contribution in [3.8, 4) is 5.75 Å². The zero-order chi connectivity index (χ0) is 14.4. The van der Waals surface area contributed by atoms with E-state index in [1.165, 1.54) is 37.7 Å². The molecule has 1 aliphatic rings. The van der Waals surface area contributed by atoms with Crippen LogP contribution in [0.5, 0.6) is 5.75 Å². The molecule has 3 unspecified atom stereocenters. The van der Waals surface area contributed by atoms with Crippen molar-refractivity contribution >= 4 is 0 Å². The first-order valence-corrected chi connectivity index (χ1v) is 8.14. The quantitative estimate of drug-likeness (QED) is 0.798. The van der Waals surface area contributed by atoms with Crippen molar-refractivity contribution in [2.75, 3.05) is 13.7 Å². The topological polar surface area (TPSA) is 21.3 Å². The average Bonchev–Trinajstić information content (AvgIpc) is 2.94. The van der Waals surface area contributed by atoms with Crippen molar-refractivity contribution in [2.24, 2.45) is 5.92 Å². The van der Waals surface area contributed by atoms with Gasteiger partial charge in [-0.05, 0) is 62.3 Å². The maximum absolute atomic E-state index is 5.90. The molecule has 0 heterocycles. The Labute approximate surface area is 123 Å². The molecule has 2 heteroatoms. The van der Waals surface area contributed by atoms with Gasteiger partial charge in [0.05, 0.1) is 6.61 Å². The molecule has 0 aliphatic heterocycles. The van der Waals surface area contributed by atoms with Crippen molar-refractivity contribution in [1.82, 2.24) is 5.32 Å². The minimum atomic E-state index is 0.638. The summed E-state index contributed by atoms with van der Waals surface area (Å²) in [4.78, 5) is 0. The highest BCUT2D eigenvalue weighted by molar-refractivity contribution is 5.29. The summed E-state index contributed by atoms with van der Waals surface area (Å²) in [5.41, 5.74) is 1.41. The molecule has 1 aliphatic carbocycles. The lowest BCUT2D eigenvalue weighted by Gasteiger charge is -2.19. The van der Waals surface area contributed by atoms with E-state index in [0.717, 1.165) is 18.3 Å². The molecule has 1 fully saturated rings. The molecule has 0 bridgehead atoms. The summed E-state index contributed by atoms with van der Waals surface area (Å²) < 4.78 is 5.90. The van der Waals surface area contributed by atoms with Crippen molar-refractivity contribution < 1.29 is 4.74 Å². The monoisotopic (exact) mass is 275 g/mol. The molecule has 0 saturated heterocycles. The molecule has 2 rings (SSSR count). The van der Waals surface area contributed by atoms with Crippen LogP contribution in [-0.2, 0) is 0 Å². The Bertz CT molecular complexity index is 387. The van der Waals surface area contributed by atoms with Crippen LogP contribution in [0.15, 0.2) is 24.3 Å². The lowest BCUT2D eigenvalue weighted by molar-refractivity contribution is 0.263. The Morgan fingerprint density at radius 2 is 2.00 bits per heavy atom. The van der Waals surface area contributed by atoms with Gasteiger partial charge in [-0.1, -0.05) is 32.4 Å². The molecule has 0 radical (unpaired) electrons. The van der Waals surface area contributed by atoms with Crippen LogP contribution in [0.1, 0.15) is 57.4 Å². The van der Waals surface area contributed by atoms with Gasteiger partial charge in [-0.15, -0.1) is 0 Å². The van der Waals surface area contributed by atoms with E-state index in [-0.39, 0.29) is 0 Å². The Morgan fingerprint density at radius 3 is 2.65 bits per heavy atom. The van der Waals surface area contributed by atoms with Crippen LogP contribution in [0.3, 0.4) is 0 Å². The van der Waals surface area contributed by atoms with E-state index in [9.17, 15) is 0 Å². The Kier molecular flexibility index (Phi) is 5.90. The van der Waals surface area contributed by atoms with Crippen LogP contribution in [0.2, 0.25) is 0 Å². The van der Waals surface area contributed by atoms with Crippen molar-refractivity contribution in [2.45, 2.75) is 57.9 Å². The fraction of sp³-hybridized carbons (Fsp3) is 0.667. The molecule has 1 aromatic rings. The third-order valence-electron chi connectivity index (χ3n) is 4.85. The van der Waals surface area contributed by atoms with Crippen LogP contribution in [0.25, 0.3) is 0 Å². The fourth-order valence-electron chi connectivity index (χ4n) is 3.22. The van der Waals surface area contributed by atoms with Gasteiger partial charge in [0.1, 0.15) is 5.75 Å². The van der Waals surface area contributed by atoms with Gasteiger partial charge in [-0.3, -0.25) is 0 Å². The second-order valence-corrected chi connectivity index (χ2v) is 6.10. The molecule has 0 amide bonds. The maximum Gasteiger partial charge on any atom is 0.119 e. The van der Waals surface area contributed by atoms with Gasteiger partial charge >= 0.3 is 0 Å². The summed E-state index contributed by atoms with van der Waals surface area (Å²) >= 11 is 0. The number of rotatable bonds is 7. The first-order valence-electron chi connectivity index (χ1n) is 8.14. The summed E-state index contributed by atoms with van der Waals surface area (Å²) in [7, 11) is 2.08. The van der Waals surface area contributed by atoms with Crippen LogP contribution in [0.4, 0.5) is 0 Å². The molecular formula is C18H29NO. The molecular weight excluding hydrogens is 246 g/mol. The van der Waals surface area contributed by atoms with Crippen molar-refractivity contribution in [3.05, 3.63) is 29.8 Å². The van der Waals surface area contributed by atoms with Gasteiger partial charge in [-0.2, -0.15) is 0 Å². The molecule has 2 nitrogen and oxygen atoms in total. The van der Waals surface area contributed by atoms with Gasteiger partial charge in [0.15, 0.2) is 0 Å². The predicted molar refractivity (Wildman–Crippen MR) is 85.4 cm³/mol. The van der Waals surface area contributed by atoms with E-state index in [4.69, 9.17) is 4.74 Å². The van der Waals surface area contributed by atoms with Gasteiger partial charge in [-0.25, -0.2) is 0 Å².